The molecular formula is C73H142O17P2. The second kappa shape index (κ2) is 63.8. The molecule has 0 amide bonds. The van der Waals surface area contributed by atoms with Gasteiger partial charge in [0.2, 0.25) is 0 Å². The number of esters is 4. The van der Waals surface area contributed by atoms with Crippen molar-refractivity contribution in [2.24, 2.45) is 17.8 Å². The van der Waals surface area contributed by atoms with E-state index in [4.69, 9.17) is 37.0 Å². The zero-order chi connectivity index (χ0) is 68.0. The number of hydrogen-bond donors (Lipinski definition) is 3. The number of ether oxygens (including phenoxy) is 4. The van der Waals surface area contributed by atoms with E-state index in [1.54, 1.807) is 0 Å². The van der Waals surface area contributed by atoms with Gasteiger partial charge in [0, 0.05) is 25.7 Å². The van der Waals surface area contributed by atoms with Crippen LogP contribution in [-0.4, -0.2) is 96.7 Å². The lowest BCUT2D eigenvalue weighted by Crippen LogP contribution is -2.30. The third-order valence-corrected chi connectivity index (χ3v) is 19.5. The average Bonchev–Trinajstić information content (AvgIpc) is 3.64. The fraction of sp³-hybridized carbons (Fsp3) is 0.945. The Morgan fingerprint density at radius 2 is 0.554 bits per heavy atom. The van der Waals surface area contributed by atoms with Crippen LogP contribution >= 0.6 is 15.6 Å². The zero-order valence-electron chi connectivity index (χ0n) is 60.0. The molecule has 0 radical (unpaired) electrons. The van der Waals surface area contributed by atoms with Gasteiger partial charge in [-0.25, -0.2) is 9.13 Å². The van der Waals surface area contributed by atoms with Crippen LogP contribution in [0.4, 0.5) is 0 Å². The number of carbonyl (C=O) groups excluding carboxylic acids is 4. The fourth-order valence-electron chi connectivity index (χ4n) is 11.0. The molecule has 0 aromatic heterocycles. The van der Waals surface area contributed by atoms with Gasteiger partial charge in [-0.2, -0.15) is 0 Å². The van der Waals surface area contributed by atoms with Gasteiger partial charge in [-0.3, -0.25) is 37.3 Å². The van der Waals surface area contributed by atoms with Gasteiger partial charge in [-0.05, 0) is 43.4 Å². The summed E-state index contributed by atoms with van der Waals surface area (Å²) in [5.74, 6) is 0.244. The molecule has 0 bridgehead atoms. The van der Waals surface area contributed by atoms with Crippen LogP contribution in [0.5, 0.6) is 0 Å². The lowest BCUT2D eigenvalue weighted by atomic mass is 9.99. The first-order valence-corrected chi connectivity index (χ1v) is 40.9. The summed E-state index contributed by atoms with van der Waals surface area (Å²) in [5, 5.41) is 10.6. The van der Waals surface area contributed by atoms with E-state index in [2.05, 4.69) is 48.5 Å². The molecule has 17 nitrogen and oxygen atoms in total. The second-order valence-electron chi connectivity index (χ2n) is 27.3. The Morgan fingerprint density at radius 1 is 0.315 bits per heavy atom. The largest absolute Gasteiger partial charge is 0.472 e. The molecule has 0 rings (SSSR count). The van der Waals surface area contributed by atoms with Crippen LogP contribution < -0.4 is 0 Å². The number of aliphatic hydroxyl groups excluding tert-OH is 1. The van der Waals surface area contributed by atoms with Crippen molar-refractivity contribution < 1.29 is 80.2 Å². The van der Waals surface area contributed by atoms with E-state index in [1.807, 2.05) is 0 Å². The van der Waals surface area contributed by atoms with Gasteiger partial charge in [-0.1, -0.05) is 318 Å². The Balaban J connectivity index is 5.27. The number of rotatable bonds is 71. The highest BCUT2D eigenvalue weighted by atomic mass is 31.2. The fourth-order valence-corrected chi connectivity index (χ4v) is 12.6. The normalized spacial score (nSPS) is 14.7. The topological polar surface area (TPSA) is 237 Å². The van der Waals surface area contributed by atoms with Crippen LogP contribution in [0.1, 0.15) is 370 Å². The van der Waals surface area contributed by atoms with Crippen molar-refractivity contribution in [3.8, 4) is 0 Å². The molecule has 0 heterocycles. The van der Waals surface area contributed by atoms with Crippen LogP contribution in [0.2, 0.25) is 0 Å². The molecule has 546 valence electrons. The summed E-state index contributed by atoms with van der Waals surface area (Å²) < 4.78 is 68.4. The molecule has 0 aliphatic rings. The van der Waals surface area contributed by atoms with Gasteiger partial charge in [-0.15, -0.1) is 0 Å². The van der Waals surface area contributed by atoms with Crippen LogP contribution in [0, 0.1) is 17.8 Å². The van der Waals surface area contributed by atoms with E-state index >= 15 is 0 Å². The summed E-state index contributed by atoms with van der Waals surface area (Å²) in [4.78, 5) is 72.7. The molecule has 0 fully saturated rings. The number of phosphoric acid groups is 2. The molecule has 19 heteroatoms. The maximum atomic E-state index is 13.1. The molecular weight excluding hydrogens is 1210 g/mol. The van der Waals surface area contributed by atoms with E-state index in [1.165, 1.54) is 180 Å². The SMILES string of the molecule is CCCCCCCCCCCCCC(=O)OC[C@H](COP(=O)(O)OC[C@H](O)COP(=O)(O)OC[C@@H](COC(=O)CCCCCCCCCCCCC(C)CC)OC(=O)CCCCCCCCCCCCC(C)CC)OC(=O)CCCCCCCCCCCCC(C)C. The predicted molar refractivity (Wildman–Crippen MR) is 372 cm³/mol. The third-order valence-electron chi connectivity index (χ3n) is 17.6. The van der Waals surface area contributed by atoms with Gasteiger partial charge in [0.25, 0.3) is 0 Å². The van der Waals surface area contributed by atoms with Crippen molar-refractivity contribution in [1.82, 2.24) is 0 Å². The van der Waals surface area contributed by atoms with Crippen molar-refractivity contribution >= 4 is 39.5 Å². The van der Waals surface area contributed by atoms with E-state index in [0.717, 1.165) is 108 Å². The van der Waals surface area contributed by atoms with Crippen LogP contribution in [0.15, 0.2) is 0 Å². The number of aliphatic hydroxyl groups is 1. The number of carbonyl (C=O) groups is 4. The molecule has 0 aliphatic carbocycles. The van der Waals surface area contributed by atoms with Crippen molar-refractivity contribution in [2.75, 3.05) is 39.6 Å². The highest BCUT2D eigenvalue weighted by molar-refractivity contribution is 7.47. The van der Waals surface area contributed by atoms with Gasteiger partial charge in [0.1, 0.15) is 19.3 Å². The second-order valence-corrected chi connectivity index (χ2v) is 30.2. The monoisotopic (exact) mass is 1350 g/mol. The number of hydrogen-bond acceptors (Lipinski definition) is 15. The minimum atomic E-state index is -4.96. The predicted octanol–water partition coefficient (Wildman–Crippen LogP) is 21.0. The lowest BCUT2D eigenvalue weighted by Gasteiger charge is -2.21. The Morgan fingerprint density at radius 3 is 0.826 bits per heavy atom. The standard InChI is InChI=1S/C73H142O17P2/c1-8-11-12-13-14-15-16-26-33-40-47-54-70(75)83-60-68(89-72(77)56-49-42-35-28-20-17-23-30-37-44-51-64(4)5)62-87-91(79,80)85-58-67(74)59-86-92(81,82)88-63-69(90-73(78)57-50-43-36-29-22-19-25-32-39-46-53-66(7)10-3)61-84-71(76)55-48-41-34-27-21-18-24-31-38-45-52-65(6)9-2/h64-69,74H,8-63H2,1-7H3,(H,79,80)(H,81,82)/t65?,66?,67-,68+,69+/m0/s1. The summed E-state index contributed by atoms with van der Waals surface area (Å²) in [6, 6.07) is 0. The Kier molecular flexibility index (Phi) is 62.4. The van der Waals surface area contributed by atoms with E-state index in [0.29, 0.717) is 25.7 Å². The maximum Gasteiger partial charge on any atom is 0.472 e. The molecule has 92 heavy (non-hydrogen) atoms. The highest BCUT2D eigenvalue weighted by Gasteiger charge is 2.30. The van der Waals surface area contributed by atoms with Crippen LogP contribution in [0.3, 0.4) is 0 Å². The van der Waals surface area contributed by atoms with Crippen LogP contribution in [-0.2, 0) is 65.4 Å². The van der Waals surface area contributed by atoms with Crippen molar-refractivity contribution in [1.29, 1.82) is 0 Å². The maximum absolute atomic E-state index is 13.1. The molecule has 0 saturated carbocycles. The van der Waals surface area contributed by atoms with E-state index in [9.17, 15) is 43.2 Å². The average molecular weight is 1350 g/mol. The van der Waals surface area contributed by atoms with Crippen molar-refractivity contribution in [3.05, 3.63) is 0 Å². The lowest BCUT2D eigenvalue weighted by molar-refractivity contribution is -0.161. The summed E-state index contributed by atoms with van der Waals surface area (Å²) in [6.07, 6.45) is 48.3. The van der Waals surface area contributed by atoms with Crippen molar-refractivity contribution in [3.63, 3.8) is 0 Å². The Bertz CT molecular complexity index is 1810. The molecule has 0 spiro atoms. The molecule has 3 N–H and O–H groups in total. The molecule has 4 unspecified atom stereocenters. The quantitative estimate of drug-likeness (QED) is 0.0222. The first kappa shape index (κ1) is 90.1. The first-order chi connectivity index (χ1) is 44.3. The highest BCUT2D eigenvalue weighted by Crippen LogP contribution is 2.45. The van der Waals surface area contributed by atoms with E-state index < -0.39 is 97.5 Å². The summed E-state index contributed by atoms with van der Waals surface area (Å²) in [7, 11) is -9.91. The summed E-state index contributed by atoms with van der Waals surface area (Å²) in [5.41, 5.74) is 0. The summed E-state index contributed by atoms with van der Waals surface area (Å²) in [6.45, 7) is 11.9. The minimum absolute atomic E-state index is 0.106. The van der Waals surface area contributed by atoms with E-state index in [-0.39, 0.29) is 25.7 Å². The minimum Gasteiger partial charge on any atom is -0.462 e. The third kappa shape index (κ3) is 64.1. The molecule has 0 aromatic rings. The number of phosphoric ester groups is 2. The first-order valence-electron chi connectivity index (χ1n) is 37.9. The molecule has 7 atom stereocenters. The van der Waals surface area contributed by atoms with Gasteiger partial charge < -0.3 is 33.8 Å². The van der Waals surface area contributed by atoms with Crippen molar-refractivity contribution in [2.45, 2.75) is 388 Å². The van der Waals surface area contributed by atoms with Gasteiger partial charge >= 0.3 is 39.5 Å². The smallest absolute Gasteiger partial charge is 0.462 e. The van der Waals surface area contributed by atoms with Gasteiger partial charge in [0.05, 0.1) is 26.4 Å². The Hall–Kier alpha value is -1.94. The Labute approximate surface area is 562 Å². The van der Waals surface area contributed by atoms with Crippen LogP contribution in [0.25, 0.3) is 0 Å². The molecule has 0 aromatic carbocycles. The number of unbranched alkanes of at least 4 members (excludes halogenated alkanes) is 37. The van der Waals surface area contributed by atoms with Gasteiger partial charge in [0.15, 0.2) is 12.2 Å². The molecule has 0 aliphatic heterocycles. The zero-order valence-corrected chi connectivity index (χ0v) is 61.8. The molecule has 0 saturated heterocycles. The summed E-state index contributed by atoms with van der Waals surface area (Å²) >= 11 is 0.